The number of phosphoric ester groups is 1. The van der Waals surface area contributed by atoms with Crippen LogP contribution in [0.3, 0.4) is 0 Å². The zero-order chi connectivity index (χ0) is 24.6. The summed E-state index contributed by atoms with van der Waals surface area (Å²) < 4.78 is 19.3. The van der Waals surface area contributed by atoms with E-state index in [2.05, 4.69) is 17.5 Å². The Hall–Kier alpha value is -1.50. The molecule has 190 valence electrons. The maximum atomic E-state index is 11.5. The number of carbonyl (C=O) groups is 1. The first-order valence-electron chi connectivity index (χ1n) is 12.1. The molecule has 0 amide bonds. The lowest BCUT2D eigenvalue weighted by molar-refractivity contribution is -0.141. The molecule has 1 atom stereocenters. The summed E-state index contributed by atoms with van der Waals surface area (Å²) in [6.07, 6.45) is 28.7. The molecule has 0 heterocycles. The van der Waals surface area contributed by atoms with Crippen LogP contribution in [0.25, 0.3) is 0 Å². The van der Waals surface area contributed by atoms with Crippen molar-refractivity contribution in [2.24, 2.45) is 0 Å². The third kappa shape index (κ3) is 26.6. The molecule has 0 spiro atoms. The second-order valence-corrected chi connectivity index (χ2v) is 9.19. The SMILES string of the molecule is CCCCCCCCCCCCCC=CC=CC=CC=CC(=O)OCC(O)COP(=O)(O)O. The molecule has 0 aromatic carbocycles. The van der Waals surface area contributed by atoms with Gasteiger partial charge in [0.05, 0.1) is 6.61 Å². The standard InChI is InChI=1S/C25H43O7P/c1-2-3-4-5-6-7-8-9-10-11-12-13-14-15-16-17-18-19-20-21-25(27)31-22-24(26)23-32-33(28,29)30/h14-21,24,26H,2-13,22-23H2,1H3,(H2,28,29,30). The van der Waals surface area contributed by atoms with Crippen molar-refractivity contribution in [3.05, 3.63) is 48.6 Å². The number of hydrogen-bond donors (Lipinski definition) is 3. The van der Waals surface area contributed by atoms with Gasteiger partial charge in [-0.1, -0.05) is 114 Å². The van der Waals surface area contributed by atoms with Crippen molar-refractivity contribution in [2.45, 2.75) is 90.1 Å². The van der Waals surface area contributed by atoms with Crippen molar-refractivity contribution < 1.29 is 33.5 Å². The van der Waals surface area contributed by atoms with Gasteiger partial charge >= 0.3 is 13.8 Å². The van der Waals surface area contributed by atoms with Crippen LogP contribution in [-0.2, 0) is 18.6 Å². The number of unbranched alkanes of at least 4 members (excludes halogenated alkanes) is 11. The van der Waals surface area contributed by atoms with Crippen LogP contribution in [0.5, 0.6) is 0 Å². The molecule has 0 saturated carbocycles. The van der Waals surface area contributed by atoms with Crippen molar-refractivity contribution in [1.82, 2.24) is 0 Å². The van der Waals surface area contributed by atoms with E-state index in [1.807, 2.05) is 18.2 Å². The highest BCUT2D eigenvalue weighted by atomic mass is 31.2. The number of rotatable bonds is 21. The molecule has 7 nitrogen and oxygen atoms in total. The largest absolute Gasteiger partial charge is 0.469 e. The van der Waals surface area contributed by atoms with Gasteiger partial charge in [-0.05, 0) is 12.8 Å². The molecule has 0 rings (SSSR count). The minimum Gasteiger partial charge on any atom is -0.460 e. The first-order chi connectivity index (χ1) is 15.8. The van der Waals surface area contributed by atoms with E-state index in [1.54, 1.807) is 12.2 Å². The van der Waals surface area contributed by atoms with Crippen LogP contribution in [0.15, 0.2) is 48.6 Å². The van der Waals surface area contributed by atoms with Crippen molar-refractivity contribution in [3.63, 3.8) is 0 Å². The van der Waals surface area contributed by atoms with Gasteiger partial charge in [-0.15, -0.1) is 0 Å². The average Bonchev–Trinajstić information content (AvgIpc) is 2.77. The smallest absolute Gasteiger partial charge is 0.460 e. The molecule has 1 unspecified atom stereocenters. The van der Waals surface area contributed by atoms with Crippen LogP contribution in [0, 0.1) is 0 Å². The van der Waals surface area contributed by atoms with Crippen molar-refractivity contribution >= 4 is 13.8 Å². The Morgan fingerprint density at radius 1 is 0.788 bits per heavy atom. The predicted octanol–water partition coefficient (Wildman–Crippen LogP) is 5.93. The third-order valence-electron chi connectivity index (χ3n) is 4.75. The molecular weight excluding hydrogens is 443 g/mol. The normalized spacial score (nSPS) is 13.7. The number of phosphoric acid groups is 1. The van der Waals surface area contributed by atoms with E-state index in [0.717, 1.165) is 6.42 Å². The fourth-order valence-electron chi connectivity index (χ4n) is 2.95. The summed E-state index contributed by atoms with van der Waals surface area (Å²) in [6.45, 7) is 1.21. The Morgan fingerprint density at radius 3 is 1.88 bits per heavy atom. The first-order valence-corrected chi connectivity index (χ1v) is 13.6. The molecule has 33 heavy (non-hydrogen) atoms. The molecule has 3 N–H and O–H groups in total. The summed E-state index contributed by atoms with van der Waals surface area (Å²) in [6, 6.07) is 0. The topological polar surface area (TPSA) is 113 Å². The predicted molar refractivity (Wildman–Crippen MR) is 133 cm³/mol. The third-order valence-corrected chi connectivity index (χ3v) is 5.24. The van der Waals surface area contributed by atoms with E-state index in [1.165, 1.54) is 82.8 Å². The van der Waals surface area contributed by atoms with Crippen LogP contribution in [0.1, 0.15) is 84.0 Å². The molecule has 0 fully saturated rings. The van der Waals surface area contributed by atoms with Crippen molar-refractivity contribution in [1.29, 1.82) is 0 Å². The molecular formula is C25H43O7P. The highest BCUT2D eigenvalue weighted by Crippen LogP contribution is 2.35. The monoisotopic (exact) mass is 486 g/mol. The summed E-state index contributed by atoms with van der Waals surface area (Å²) in [5, 5.41) is 9.40. The number of hydrogen-bond acceptors (Lipinski definition) is 5. The molecule has 0 bridgehead atoms. The Kier molecular flexibility index (Phi) is 21.3. The van der Waals surface area contributed by atoms with Crippen molar-refractivity contribution in [2.75, 3.05) is 13.2 Å². The molecule has 0 saturated heterocycles. The van der Waals surface area contributed by atoms with Gasteiger partial charge in [0, 0.05) is 6.08 Å². The van der Waals surface area contributed by atoms with E-state index < -0.39 is 33.1 Å². The van der Waals surface area contributed by atoms with Gasteiger partial charge < -0.3 is 19.6 Å². The second kappa shape index (κ2) is 22.3. The lowest BCUT2D eigenvalue weighted by Gasteiger charge is -2.11. The van der Waals surface area contributed by atoms with Gasteiger partial charge in [0.1, 0.15) is 12.7 Å². The van der Waals surface area contributed by atoms with Crippen LogP contribution in [-0.4, -0.2) is 40.2 Å². The fraction of sp³-hybridized carbons (Fsp3) is 0.640. The minimum atomic E-state index is -4.65. The maximum absolute atomic E-state index is 11.5. The van der Waals surface area contributed by atoms with E-state index in [-0.39, 0.29) is 0 Å². The lowest BCUT2D eigenvalue weighted by Crippen LogP contribution is -2.22. The molecule has 0 aromatic heterocycles. The van der Waals surface area contributed by atoms with Gasteiger partial charge in [0.15, 0.2) is 0 Å². The Morgan fingerprint density at radius 2 is 1.30 bits per heavy atom. The Bertz CT molecular complexity index is 635. The molecule has 0 radical (unpaired) electrons. The first kappa shape index (κ1) is 31.5. The lowest BCUT2D eigenvalue weighted by atomic mass is 10.1. The average molecular weight is 487 g/mol. The van der Waals surface area contributed by atoms with Crippen LogP contribution >= 0.6 is 7.82 Å². The molecule has 0 aliphatic carbocycles. The Balaban J connectivity index is 3.63. The fourth-order valence-corrected chi connectivity index (χ4v) is 3.32. The van der Waals surface area contributed by atoms with Gasteiger partial charge in [-0.3, -0.25) is 4.52 Å². The Labute approximate surface area is 199 Å². The quantitative estimate of drug-likeness (QED) is 0.0606. The summed E-state index contributed by atoms with van der Waals surface area (Å²) >= 11 is 0. The number of carbonyl (C=O) groups excluding carboxylic acids is 1. The highest BCUT2D eigenvalue weighted by Gasteiger charge is 2.17. The molecule has 0 aromatic rings. The number of allylic oxidation sites excluding steroid dienone is 7. The van der Waals surface area contributed by atoms with Crippen LogP contribution < -0.4 is 0 Å². The molecule has 0 aliphatic rings. The number of aliphatic hydroxyl groups excluding tert-OH is 1. The number of ether oxygens (including phenoxy) is 1. The highest BCUT2D eigenvalue weighted by molar-refractivity contribution is 7.46. The summed E-state index contributed by atoms with van der Waals surface area (Å²) in [7, 11) is -4.65. The zero-order valence-electron chi connectivity index (χ0n) is 20.0. The van der Waals surface area contributed by atoms with E-state index in [0.29, 0.717) is 0 Å². The van der Waals surface area contributed by atoms with Crippen molar-refractivity contribution in [3.8, 4) is 0 Å². The van der Waals surface area contributed by atoms with Gasteiger partial charge in [-0.25, -0.2) is 9.36 Å². The number of aliphatic hydroxyl groups is 1. The second-order valence-electron chi connectivity index (χ2n) is 7.95. The summed E-state index contributed by atoms with van der Waals surface area (Å²) in [5.74, 6) is -0.675. The molecule has 8 heteroatoms. The van der Waals surface area contributed by atoms with E-state index >= 15 is 0 Å². The molecule has 0 aliphatic heterocycles. The van der Waals surface area contributed by atoms with E-state index in [4.69, 9.17) is 14.5 Å². The van der Waals surface area contributed by atoms with Crippen LogP contribution in [0.2, 0.25) is 0 Å². The summed E-state index contributed by atoms with van der Waals surface area (Å²) in [4.78, 5) is 28.5. The maximum Gasteiger partial charge on any atom is 0.469 e. The zero-order valence-corrected chi connectivity index (χ0v) is 20.9. The van der Waals surface area contributed by atoms with Gasteiger partial charge in [-0.2, -0.15) is 0 Å². The minimum absolute atomic E-state index is 0.420. The van der Waals surface area contributed by atoms with Gasteiger partial charge in [0.25, 0.3) is 0 Å². The summed E-state index contributed by atoms with van der Waals surface area (Å²) in [5.41, 5.74) is 0. The van der Waals surface area contributed by atoms with Crippen LogP contribution in [0.4, 0.5) is 0 Å². The van der Waals surface area contributed by atoms with E-state index in [9.17, 15) is 14.5 Å². The van der Waals surface area contributed by atoms with Gasteiger partial charge in [0.2, 0.25) is 0 Å². The number of esters is 1.